The second-order valence-corrected chi connectivity index (χ2v) is 5.63. The van der Waals surface area contributed by atoms with Gasteiger partial charge >= 0.3 is 0 Å². The van der Waals surface area contributed by atoms with E-state index in [-0.39, 0.29) is 16.3 Å². The molecule has 0 fully saturated rings. The lowest BCUT2D eigenvalue weighted by molar-refractivity contribution is 0.398. The minimum Gasteiger partial charge on any atom is -0.494 e. The average Bonchev–Trinajstić information content (AvgIpc) is 2.46. The van der Waals surface area contributed by atoms with Crippen molar-refractivity contribution in [1.29, 1.82) is 0 Å². The molecule has 0 aliphatic heterocycles. The largest absolute Gasteiger partial charge is 0.494 e. The van der Waals surface area contributed by atoms with Crippen molar-refractivity contribution in [1.82, 2.24) is 4.98 Å². The number of benzene rings is 1. The minimum atomic E-state index is -3.80. The Hall–Kier alpha value is -2.21. The van der Waals surface area contributed by atoms with Crippen molar-refractivity contribution in [2.24, 2.45) is 0 Å². The molecule has 6 heteroatoms. The summed E-state index contributed by atoms with van der Waals surface area (Å²) in [7, 11) is -2.44. The molecule has 2 rings (SSSR count). The lowest BCUT2D eigenvalue weighted by Crippen LogP contribution is -2.02. The molecule has 2 aromatic rings. The molecule has 0 unspecified atom stereocenters. The molecule has 0 aliphatic carbocycles. The third-order valence-electron chi connectivity index (χ3n) is 2.56. The normalized spacial score (nSPS) is 11.7. The number of sulfone groups is 1. The summed E-state index contributed by atoms with van der Waals surface area (Å²) in [4.78, 5) is 3.80. The maximum Gasteiger partial charge on any atom is 0.220 e. The first-order valence-electron chi connectivity index (χ1n) is 5.71. The Morgan fingerprint density at radius 1 is 1.20 bits per heavy atom. The zero-order chi connectivity index (χ0) is 14.6. The number of hydrogen-bond donors (Lipinski definition) is 0. The fourth-order valence-electron chi connectivity index (χ4n) is 1.58. The molecule has 1 aromatic heterocycles. The van der Waals surface area contributed by atoms with Crippen LogP contribution in [-0.2, 0) is 9.84 Å². The van der Waals surface area contributed by atoms with Crippen molar-refractivity contribution in [2.75, 3.05) is 7.11 Å². The van der Waals surface area contributed by atoms with Crippen molar-refractivity contribution in [2.45, 2.75) is 5.03 Å². The van der Waals surface area contributed by atoms with Gasteiger partial charge in [0.2, 0.25) is 14.9 Å². The van der Waals surface area contributed by atoms with Gasteiger partial charge in [0.05, 0.1) is 7.11 Å². The molecule has 0 aliphatic rings. The predicted octanol–water partition coefficient (Wildman–Crippen LogP) is 2.67. The van der Waals surface area contributed by atoms with Gasteiger partial charge in [-0.3, -0.25) is 0 Å². The van der Waals surface area contributed by atoms with Gasteiger partial charge in [-0.2, -0.15) is 0 Å². The molecule has 1 aromatic carbocycles. The van der Waals surface area contributed by atoms with Crippen LogP contribution < -0.4 is 4.74 Å². The lowest BCUT2D eigenvalue weighted by atomic mass is 10.2. The molecule has 1 heterocycles. The van der Waals surface area contributed by atoms with Crippen molar-refractivity contribution in [3.05, 3.63) is 59.4 Å². The number of methoxy groups -OCH3 is 1. The molecular weight excluding hydrogens is 281 g/mol. The van der Waals surface area contributed by atoms with Crippen LogP contribution in [0.25, 0.3) is 6.08 Å². The third-order valence-corrected chi connectivity index (χ3v) is 3.90. The molecule has 0 spiro atoms. The number of halogens is 1. The summed E-state index contributed by atoms with van der Waals surface area (Å²) < 4.78 is 42.7. The van der Waals surface area contributed by atoms with Gasteiger partial charge in [-0.1, -0.05) is 18.2 Å². The Bertz CT molecular complexity index is 742. The van der Waals surface area contributed by atoms with Gasteiger partial charge in [0, 0.05) is 17.2 Å². The molecule has 0 bridgehead atoms. The number of hydrogen-bond acceptors (Lipinski definition) is 4. The first kappa shape index (κ1) is 14.2. The maximum atomic E-state index is 13.4. The quantitative estimate of drug-likeness (QED) is 0.869. The highest BCUT2D eigenvalue weighted by Crippen LogP contribution is 2.22. The number of pyridine rings is 1. The number of rotatable bonds is 4. The van der Waals surface area contributed by atoms with Crippen molar-refractivity contribution in [3.8, 4) is 5.75 Å². The Labute approximate surface area is 116 Å². The van der Waals surface area contributed by atoms with Crippen LogP contribution in [0.5, 0.6) is 5.75 Å². The van der Waals surface area contributed by atoms with Gasteiger partial charge in [-0.15, -0.1) is 0 Å². The van der Waals surface area contributed by atoms with Gasteiger partial charge in [0.25, 0.3) is 0 Å². The van der Waals surface area contributed by atoms with Crippen molar-refractivity contribution < 1.29 is 17.5 Å². The topological polar surface area (TPSA) is 56.3 Å². The molecule has 0 atom stereocenters. The van der Waals surface area contributed by atoms with Crippen LogP contribution in [0.15, 0.2) is 53.0 Å². The Morgan fingerprint density at radius 2 is 1.95 bits per heavy atom. The predicted molar refractivity (Wildman–Crippen MR) is 73.4 cm³/mol. The SMILES string of the molecule is COc1cccnc1S(=O)(=O)/C=C/c1ccccc1F. The van der Waals surface area contributed by atoms with E-state index in [1.165, 1.54) is 43.6 Å². The van der Waals surface area contributed by atoms with Gasteiger partial charge in [-0.05, 0) is 24.3 Å². The molecule has 0 amide bonds. The second-order valence-electron chi connectivity index (χ2n) is 3.88. The maximum absolute atomic E-state index is 13.4. The summed E-state index contributed by atoms with van der Waals surface area (Å²) in [5, 5.41) is 0.714. The number of aromatic nitrogens is 1. The summed E-state index contributed by atoms with van der Waals surface area (Å²) in [6.07, 6.45) is 2.55. The van der Waals surface area contributed by atoms with E-state index in [2.05, 4.69) is 4.98 Å². The molecule has 104 valence electrons. The summed E-state index contributed by atoms with van der Waals surface area (Å²) >= 11 is 0. The summed E-state index contributed by atoms with van der Waals surface area (Å²) in [5.41, 5.74) is 0.186. The Balaban J connectivity index is 2.39. The van der Waals surface area contributed by atoms with Crippen LogP contribution in [0.2, 0.25) is 0 Å². The van der Waals surface area contributed by atoms with Crippen molar-refractivity contribution >= 4 is 15.9 Å². The zero-order valence-corrected chi connectivity index (χ0v) is 11.5. The monoisotopic (exact) mass is 293 g/mol. The highest BCUT2D eigenvalue weighted by molar-refractivity contribution is 7.94. The first-order chi connectivity index (χ1) is 9.54. The highest BCUT2D eigenvalue weighted by atomic mass is 32.2. The van der Waals surface area contributed by atoms with Crippen LogP contribution in [0, 0.1) is 5.82 Å². The second kappa shape index (κ2) is 5.83. The van der Waals surface area contributed by atoms with Crippen LogP contribution in [0.3, 0.4) is 0 Å². The fraction of sp³-hybridized carbons (Fsp3) is 0.0714. The van der Waals surface area contributed by atoms with E-state index in [0.29, 0.717) is 0 Å². The van der Waals surface area contributed by atoms with E-state index >= 15 is 0 Å². The molecule has 4 nitrogen and oxygen atoms in total. The summed E-state index contributed by atoms with van der Waals surface area (Å²) in [6.45, 7) is 0. The van der Waals surface area contributed by atoms with E-state index < -0.39 is 15.7 Å². The average molecular weight is 293 g/mol. The summed E-state index contributed by atoms with van der Waals surface area (Å²) in [6, 6.07) is 8.96. The lowest BCUT2D eigenvalue weighted by Gasteiger charge is -2.04. The molecule has 0 saturated heterocycles. The van der Waals surface area contributed by atoms with E-state index in [1.54, 1.807) is 12.1 Å². The van der Waals surface area contributed by atoms with E-state index in [9.17, 15) is 12.8 Å². The molecule has 20 heavy (non-hydrogen) atoms. The van der Waals surface area contributed by atoms with Gasteiger partial charge in [0.1, 0.15) is 5.82 Å². The Morgan fingerprint density at radius 3 is 2.65 bits per heavy atom. The standard InChI is InChI=1S/C14H12FNO3S/c1-19-13-7-4-9-16-14(13)20(17,18)10-8-11-5-2-3-6-12(11)15/h2-10H,1H3/b10-8+. The van der Waals surface area contributed by atoms with Gasteiger partial charge < -0.3 is 4.74 Å². The number of nitrogens with zero attached hydrogens (tertiary/aromatic N) is 1. The van der Waals surface area contributed by atoms with E-state index in [1.807, 2.05) is 0 Å². The molecule has 0 N–H and O–H groups in total. The van der Waals surface area contributed by atoms with Crippen LogP contribution in [0.1, 0.15) is 5.56 Å². The minimum absolute atomic E-state index is 0.144. The van der Waals surface area contributed by atoms with Gasteiger partial charge in [0.15, 0.2) is 5.75 Å². The summed E-state index contributed by atoms with van der Waals surface area (Å²) in [5.74, 6) is -0.349. The van der Waals surface area contributed by atoms with Crippen LogP contribution in [0.4, 0.5) is 4.39 Å². The highest BCUT2D eigenvalue weighted by Gasteiger charge is 2.17. The van der Waals surface area contributed by atoms with Crippen molar-refractivity contribution in [3.63, 3.8) is 0 Å². The molecule has 0 radical (unpaired) electrons. The Kier molecular flexibility index (Phi) is 4.14. The third kappa shape index (κ3) is 3.03. The molecular formula is C14H12FNO3S. The smallest absolute Gasteiger partial charge is 0.220 e. The fourth-order valence-corrected chi connectivity index (χ4v) is 2.68. The first-order valence-corrected chi connectivity index (χ1v) is 7.26. The molecule has 0 saturated carbocycles. The zero-order valence-electron chi connectivity index (χ0n) is 10.7. The van der Waals surface area contributed by atoms with Gasteiger partial charge in [-0.25, -0.2) is 17.8 Å². The van der Waals surface area contributed by atoms with Crippen LogP contribution >= 0.6 is 0 Å². The van der Waals surface area contributed by atoms with E-state index in [0.717, 1.165) is 5.41 Å². The van der Waals surface area contributed by atoms with E-state index in [4.69, 9.17) is 4.74 Å². The number of ether oxygens (including phenoxy) is 1. The van der Waals surface area contributed by atoms with Crippen LogP contribution in [-0.4, -0.2) is 20.5 Å².